The van der Waals surface area contributed by atoms with Crippen LogP contribution in [0.15, 0.2) is 41.2 Å². The molecule has 0 saturated carbocycles. The topological polar surface area (TPSA) is 77.4 Å². The molecule has 0 saturated heterocycles. The summed E-state index contributed by atoms with van der Waals surface area (Å²) in [6.45, 7) is 3.38. The van der Waals surface area contributed by atoms with Crippen molar-refractivity contribution in [3.05, 3.63) is 58.0 Å². The molecule has 0 aliphatic carbocycles. The van der Waals surface area contributed by atoms with E-state index in [2.05, 4.69) is 5.32 Å². The Kier molecular flexibility index (Phi) is 3.73. The first-order chi connectivity index (χ1) is 11.0. The molecule has 0 spiro atoms. The maximum Gasteiger partial charge on any atom is 0.265 e. The Balaban J connectivity index is 1.88. The maximum absolute atomic E-state index is 12.4. The van der Waals surface area contributed by atoms with Crippen molar-refractivity contribution >= 4 is 17.4 Å². The zero-order valence-corrected chi connectivity index (χ0v) is 12.8. The van der Waals surface area contributed by atoms with E-state index in [9.17, 15) is 14.4 Å². The summed E-state index contributed by atoms with van der Waals surface area (Å²) in [6.07, 6.45) is -0.561. The first-order valence-corrected chi connectivity index (χ1v) is 7.27. The van der Waals surface area contributed by atoms with Crippen LogP contribution in [0.5, 0.6) is 5.75 Å². The van der Waals surface area contributed by atoms with Crippen LogP contribution in [0.4, 0.5) is 5.69 Å². The summed E-state index contributed by atoms with van der Waals surface area (Å²) in [6, 6.07) is 9.71. The normalized spacial score (nSPS) is 16.3. The van der Waals surface area contributed by atoms with Gasteiger partial charge in [-0.2, -0.15) is 0 Å². The Morgan fingerprint density at radius 2 is 2.04 bits per heavy atom. The van der Waals surface area contributed by atoms with Gasteiger partial charge in [0.2, 0.25) is 0 Å². The standard InChI is InChI=1S/C17H16N2O4/c1-10-4-3-5-16(21)19(10)9-14(20)12-6-7-15-13(8-12)18-17(22)11(2)23-15/h3-8,11H,9H2,1-2H3,(H,18,22). The third-order valence-corrected chi connectivity index (χ3v) is 3.80. The highest BCUT2D eigenvalue weighted by Crippen LogP contribution is 2.30. The van der Waals surface area contributed by atoms with E-state index in [1.165, 1.54) is 10.6 Å². The molecule has 1 aromatic carbocycles. The fraction of sp³-hybridized carbons (Fsp3) is 0.235. The average Bonchev–Trinajstić information content (AvgIpc) is 2.51. The molecule has 0 fully saturated rings. The molecule has 1 aromatic heterocycles. The molecule has 118 valence electrons. The number of aromatic nitrogens is 1. The molecule has 0 bridgehead atoms. The number of ketones is 1. The molecule has 1 aliphatic heterocycles. The van der Waals surface area contributed by atoms with Crippen LogP contribution in [0.2, 0.25) is 0 Å². The molecule has 23 heavy (non-hydrogen) atoms. The molecule has 1 unspecified atom stereocenters. The van der Waals surface area contributed by atoms with Crippen LogP contribution < -0.4 is 15.6 Å². The van der Waals surface area contributed by atoms with Crippen LogP contribution in [-0.4, -0.2) is 22.4 Å². The molecule has 1 atom stereocenters. The number of rotatable bonds is 3. The van der Waals surface area contributed by atoms with Gasteiger partial charge in [0.15, 0.2) is 11.9 Å². The predicted octanol–water partition coefficient (Wildman–Crippen LogP) is 1.76. The van der Waals surface area contributed by atoms with Crippen LogP contribution in [0, 0.1) is 6.92 Å². The van der Waals surface area contributed by atoms with Crippen molar-refractivity contribution in [2.45, 2.75) is 26.5 Å². The molecule has 1 amide bonds. The highest BCUT2D eigenvalue weighted by Gasteiger charge is 2.24. The van der Waals surface area contributed by atoms with Gasteiger partial charge >= 0.3 is 0 Å². The third-order valence-electron chi connectivity index (χ3n) is 3.80. The first-order valence-electron chi connectivity index (χ1n) is 7.27. The number of carbonyl (C=O) groups is 2. The number of fused-ring (bicyclic) bond motifs is 1. The molecule has 2 heterocycles. The average molecular weight is 312 g/mol. The molecular weight excluding hydrogens is 296 g/mol. The fourth-order valence-electron chi connectivity index (χ4n) is 2.44. The molecule has 1 N–H and O–H groups in total. The molecule has 3 rings (SSSR count). The second-order valence-corrected chi connectivity index (χ2v) is 5.47. The van der Waals surface area contributed by atoms with E-state index >= 15 is 0 Å². The number of amides is 1. The predicted molar refractivity (Wildman–Crippen MR) is 84.9 cm³/mol. The van der Waals surface area contributed by atoms with Gasteiger partial charge in [-0.3, -0.25) is 14.4 Å². The second-order valence-electron chi connectivity index (χ2n) is 5.47. The van der Waals surface area contributed by atoms with E-state index in [0.29, 0.717) is 22.7 Å². The highest BCUT2D eigenvalue weighted by molar-refractivity contribution is 6.01. The van der Waals surface area contributed by atoms with E-state index in [-0.39, 0.29) is 23.8 Å². The molecular formula is C17H16N2O4. The summed E-state index contributed by atoms with van der Waals surface area (Å²) in [4.78, 5) is 35.9. The minimum Gasteiger partial charge on any atom is -0.479 e. The van der Waals surface area contributed by atoms with Gasteiger partial charge in [-0.25, -0.2) is 0 Å². The molecule has 6 nitrogen and oxygen atoms in total. The number of benzene rings is 1. The number of hydrogen-bond acceptors (Lipinski definition) is 4. The quantitative estimate of drug-likeness (QED) is 0.876. The smallest absolute Gasteiger partial charge is 0.265 e. The number of Topliss-reactive ketones (excluding diaryl/α,β-unsaturated/α-hetero) is 1. The molecule has 0 radical (unpaired) electrons. The number of pyridine rings is 1. The van der Waals surface area contributed by atoms with E-state index in [4.69, 9.17) is 4.74 Å². The summed E-state index contributed by atoms with van der Waals surface area (Å²) >= 11 is 0. The van der Waals surface area contributed by atoms with E-state index in [1.54, 1.807) is 44.2 Å². The SMILES string of the molecule is Cc1cccc(=O)n1CC(=O)c1ccc2c(c1)NC(=O)C(C)O2. The summed E-state index contributed by atoms with van der Waals surface area (Å²) in [7, 11) is 0. The highest BCUT2D eigenvalue weighted by atomic mass is 16.5. The largest absolute Gasteiger partial charge is 0.479 e. The van der Waals surface area contributed by atoms with Gasteiger partial charge in [-0.1, -0.05) is 6.07 Å². The second kappa shape index (κ2) is 5.72. The van der Waals surface area contributed by atoms with Crippen molar-refractivity contribution in [3.8, 4) is 5.75 Å². The van der Waals surface area contributed by atoms with Gasteiger partial charge in [0.05, 0.1) is 12.2 Å². The van der Waals surface area contributed by atoms with Crippen LogP contribution in [-0.2, 0) is 11.3 Å². The Labute approximate surface area is 132 Å². The zero-order chi connectivity index (χ0) is 16.6. The molecule has 6 heteroatoms. The Hall–Kier alpha value is -2.89. The Bertz CT molecular complexity index is 854. The minimum absolute atomic E-state index is 0.0461. The summed E-state index contributed by atoms with van der Waals surface area (Å²) in [5.41, 5.74) is 1.38. The van der Waals surface area contributed by atoms with Crippen molar-refractivity contribution in [1.82, 2.24) is 4.57 Å². The minimum atomic E-state index is -0.561. The lowest BCUT2D eigenvalue weighted by Gasteiger charge is -2.23. The summed E-state index contributed by atoms with van der Waals surface area (Å²) < 4.78 is 6.87. The monoisotopic (exact) mass is 312 g/mol. The number of aryl methyl sites for hydroxylation is 1. The Morgan fingerprint density at radius 3 is 2.78 bits per heavy atom. The van der Waals surface area contributed by atoms with Crippen molar-refractivity contribution < 1.29 is 14.3 Å². The number of hydrogen-bond donors (Lipinski definition) is 1. The lowest BCUT2D eigenvalue weighted by Crippen LogP contribution is -2.34. The van der Waals surface area contributed by atoms with Crippen molar-refractivity contribution in [2.24, 2.45) is 0 Å². The van der Waals surface area contributed by atoms with Gasteiger partial charge < -0.3 is 14.6 Å². The van der Waals surface area contributed by atoms with E-state index in [0.717, 1.165) is 0 Å². The first kappa shape index (κ1) is 15.0. The number of carbonyl (C=O) groups excluding carboxylic acids is 2. The van der Waals surface area contributed by atoms with Crippen molar-refractivity contribution in [2.75, 3.05) is 5.32 Å². The molecule has 2 aromatic rings. The van der Waals surface area contributed by atoms with Crippen LogP contribution in [0.1, 0.15) is 23.0 Å². The fourth-order valence-corrected chi connectivity index (χ4v) is 2.44. The van der Waals surface area contributed by atoms with Crippen LogP contribution >= 0.6 is 0 Å². The Morgan fingerprint density at radius 1 is 1.26 bits per heavy atom. The van der Waals surface area contributed by atoms with E-state index < -0.39 is 6.10 Å². The molecule has 1 aliphatic rings. The van der Waals surface area contributed by atoms with Gasteiger partial charge in [0, 0.05) is 17.3 Å². The van der Waals surface area contributed by atoms with Crippen molar-refractivity contribution in [1.29, 1.82) is 0 Å². The number of nitrogens with zero attached hydrogens (tertiary/aromatic N) is 1. The zero-order valence-electron chi connectivity index (χ0n) is 12.8. The maximum atomic E-state index is 12.4. The number of nitrogens with one attached hydrogen (secondary N) is 1. The van der Waals surface area contributed by atoms with Crippen LogP contribution in [0.3, 0.4) is 0 Å². The third kappa shape index (κ3) is 2.88. The van der Waals surface area contributed by atoms with Crippen LogP contribution in [0.25, 0.3) is 0 Å². The number of anilines is 1. The van der Waals surface area contributed by atoms with Crippen molar-refractivity contribution in [3.63, 3.8) is 0 Å². The van der Waals surface area contributed by atoms with Gasteiger partial charge in [0.1, 0.15) is 5.75 Å². The summed E-state index contributed by atoms with van der Waals surface area (Å²) in [5.74, 6) is 0.0657. The van der Waals surface area contributed by atoms with Gasteiger partial charge in [-0.05, 0) is 38.1 Å². The number of ether oxygens (including phenoxy) is 1. The summed E-state index contributed by atoms with van der Waals surface area (Å²) in [5, 5.41) is 2.71. The van der Waals surface area contributed by atoms with Gasteiger partial charge in [-0.15, -0.1) is 0 Å². The lowest BCUT2D eigenvalue weighted by atomic mass is 10.1. The lowest BCUT2D eigenvalue weighted by molar-refractivity contribution is -0.122. The van der Waals surface area contributed by atoms with Gasteiger partial charge in [0.25, 0.3) is 11.5 Å². The van der Waals surface area contributed by atoms with E-state index in [1.807, 2.05) is 0 Å².